The Morgan fingerprint density at radius 2 is 1.72 bits per heavy atom. The maximum Gasteiger partial charge on any atom is 0.175 e. The predicted octanol–water partition coefficient (Wildman–Crippen LogP) is 6.12. The number of hydrazone groups is 1. The molecule has 4 rings (SSSR count). The van der Waals surface area contributed by atoms with Crippen LogP contribution in [0.3, 0.4) is 0 Å². The first kappa shape index (κ1) is 19.9. The van der Waals surface area contributed by atoms with Gasteiger partial charge in [0.1, 0.15) is 17.0 Å². The largest absolute Gasteiger partial charge is 0.490 e. The number of rotatable bonds is 7. The van der Waals surface area contributed by atoms with Crippen LogP contribution >= 0.6 is 27.7 Å². The minimum atomic E-state index is 0.0175. The SMILES string of the molecule is CCOc1cc([C@@H]2NN=C(c3ccccc3)S2)cc(Br)c1OCc1ccccc1. The van der Waals surface area contributed by atoms with E-state index >= 15 is 0 Å². The third kappa shape index (κ3) is 4.77. The number of nitrogens with one attached hydrogen (secondary N) is 1. The molecule has 0 aromatic heterocycles. The van der Waals surface area contributed by atoms with Gasteiger partial charge in [0, 0.05) is 5.56 Å². The Bertz CT molecular complexity index is 997. The lowest BCUT2D eigenvalue weighted by atomic mass is 10.2. The molecule has 0 spiro atoms. The molecule has 0 fully saturated rings. The lowest BCUT2D eigenvalue weighted by molar-refractivity contribution is 0.267. The van der Waals surface area contributed by atoms with Gasteiger partial charge in [-0.2, -0.15) is 5.10 Å². The molecule has 0 aliphatic carbocycles. The molecule has 0 bridgehead atoms. The highest BCUT2D eigenvalue weighted by atomic mass is 79.9. The lowest BCUT2D eigenvalue weighted by Gasteiger charge is -2.17. The molecule has 1 aliphatic heterocycles. The Morgan fingerprint density at radius 1 is 1.00 bits per heavy atom. The van der Waals surface area contributed by atoms with Gasteiger partial charge in [-0.05, 0) is 46.1 Å². The van der Waals surface area contributed by atoms with E-state index in [0.717, 1.165) is 32.0 Å². The maximum atomic E-state index is 6.09. The van der Waals surface area contributed by atoms with Gasteiger partial charge in [-0.15, -0.1) is 0 Å². The lowest BCUT2D eigenvalue weighted by Crippen LogP contribution is -2.08. The molecule has 0 saturated heterocycles. The topological polar surface area (TPSA) is 42.8 Å². The second-order valence-electron chi connectivity index (χ2n) is 6.45. The number of ether oxygens (including phenoxy) is 2. The Hall–Kier alpha value is -2.44. The molecular formula is C23H21BrN2O2S. The van der Waals surface area contributed by atoms with Crippen molar-refractivity contribution in [2.75, 3.05) is 6.61 Å². The van der Waals surface area contributed by atoms with Crippen LogP contribution in [0.2, 0.25) is 0 Å². The standard InChI is InChI=1S/C23H21BrN2O2S/c1-2-27-20-14-18(23-26-25-22(29-23)17-11-7-4-8-12-17)13-19(24)21(20)28-15-16-9-5-3-6-10-16/h3-14,23,26H,2,15H2,1H3/t23-/m1/s1. The smallest absolute Gasteiger partial charge is 0.175 e. The van der Waals surface area contributed by atoms with Gasteiger partial charge in [-0.3, -0.25) is 5.43 Å². The molecule has 0 radical (unpaired) electrons. The molecule has 6 heteroatoms. The minimum absolute atomic E-state index is 0.0175. The van der Waals surface area contributed by atoms with Gasteiger partial charge >= 0.3 is 0 Å². The van der Waals surface area contributed by atoms with E-state index in [9.17, 15) is 0 Å². The maximum absolute atomic E-state index is 6.09. The van der Waals surface area contributed by atoms with E-state index in [-0.39, 0.29) is 5.37 Å². The van der Waals surface area contributed by atoms with E-state index in [0.29, 0.717) is 19.0 Å². The van der Waals surface area contributed by atoms with Gasteiger partial charge in [-0.25, -0.2) is 0 Å². The van der Waals surface area contributed by atoms with Crippen molar-refractivity contribution in [3.8, 4) is 11.5 Å². The van der Waals surface area contributed by atoms with Crippen LogP contribution in [0.1, 0.15) is 29.0 Å². The van der Waals surface area contributed by atoms with Crippen LogP contribution in [0.5, 0.6) is 11.5 Å². The number of benzene rings is 3. The summed E-state index contributed by atoms with van der Waals surface area (Å²) in [5, 5.41) is 5.51. The molecule has 0 saturated carbocycles. The third-order valence-corrected chi connectivity index (χ3v) is 6.15. The van der Waals surface area contributed by atoms with Gasteiger partial charge < -0.3 is 9.47 Å². The van der Waals surface area contributed by atoms with Crippen LogP contribution in [0.25, 0.3) is 0 Å². The quantitative estimate of drug-likeness (QED) is 0.453. The summed E-state index contributed by atoms with van der Waals surface area (Å²) in [6.45, 7) is 3.02. The minimum Gasteiger partial charge on any atom is -0.490 e. The third-order valence-electron chi connectivity index (χ3n) is 4.39. The van der Waals surface area contributed by atoms with Crippen LogP contribution in [0.4, 0.5) is 0 Å². The molecule has 0 amide bonds. The van der Waals surface area contributed by atoms with Crippen molar-refractivity contribution >= 4 is 32.7 Å². The molecule has 1 atom stereocenters. The summed E-state index contributed by atoms with van der Waals surface area (Å²) in [6, 6.07) is 24.4. The summed E-state index contributed by atoms with van der Waals surface area (Å²) >= 11 is 5.36. The fraction of sp³-hybridized carbons (Fsp3) is 0.174. The Labute approximate surface area is 183 Å². The fourth-order valence-corrected chi connectivity index (χ4v) is 4.56. The molecule has 29 heavy (non-hydrogen) atoms. The van der Waals surface area contributed by atoms with Crippen LogP contribution in [-0.2, 0) is 6.61 Å². The zero-order valence-corrected chi connectivity index (χ0v) is 18.4. The molecule has 4 nitrogen and oxygen atoms in total. The normalized spacial score (nSPS) is 15.5. The van der Waals surface area contributed by atoms with Gasteiger partial charge in [0.25, 0.3) is 0 Å². The first-order valence-corrected chi connectivity index (χ1v) is 11.1. The van der Waals surface area contributed by atoms with Crippen molar-refractivity contribution in [1.29, 1.82) is 0 Å². The van der Waals surface area contributed by atoms with Crippen LogP contribution in [0, 0.1) is 0 Å². The Morgan fingerprint density at radius 3 is 2.45 bits per heavy atom. The van der Waals surface area contributed by atoms with Crippen LogP contribution < -0.4 is 14.9 Å². The van der Waals surface area contributed by atoms with Gasteiger partial charge in [0.15, 0.2) is 11.5 Å². The van der Waals surface area contributed by atoms with Crippen molar-refractivity contribution in [3.63, 3.8) is 0 Å². The number of thioether (sulfide) groups is 1. The number of halogens is 1. The summed E-state index contributed by atoms with van der Waals surface area (Å²) in [7, 11) is 0. The molecule has 0 unspecified atom stereocenters. The van der Waals surface area contributed by atoms with E-state index in [2.05, 4.69) is 44.7 Å². The summed E-state index contributed by atoms with van der Waals surface area (Å²) in [4.78, 5) is 0. The van der Waals surface area contributed by atoms with Crippen LogP contribution in [0.15, 0.2) is 82.4 Å². The highest BCUT2D eigenvalue weighted by Crippen LogP contribution is 2.42. The van der Waals surface area contributed by atoms with Crippen molar-refractivity contribution in [2.24, 2.45) is 5.10 Å². The monoisotopic (exact) mass is 468 g/mol. The molecule has 1 heterocycles. The van der Waals surface area contributed by atoms with E-state index in [4.69, 9.17) is 9.47 Å². The number of hydrogen-bond donors (Lipinski definition) is 1. The van der Waals surface area contributed by atoms with Crippen molar-refractivity contribution < 1.29 is 9.47 Å². The first-order chi connectivity index (χ1) is 14.2. The van der Waals surface area contributed by atoms with E-state index in [1.165, 1.54) is 0 Å². The second kappa shape index (κ2) is 9.37. The molecule has 3 aromatic rings. The van der Waals surface area contributed by atoms with Gasteiger partial charge in [0.05, 0.1) is 11.1 Å². The van der Waals surface area contributed by atoms with Crippen molar-refractivity contribution in [3.05, 3.63) is 94.0 Å². The molecule has 3 aromatic carbocycles. The summed E-state index contributed by atoms with van der Waals surface area (Å²) in [6.07, 6.45) is 0. The predicted molar refractivity (Wildman–Crippen MR) is 123 cm³/mol. The average molecular weight is 469 g/mol. The Kier molecular flexibility index (Phi) is 6.42. The molecular weight excluding hydrogens is 448 g/mol. The molecule has 148 valence electrons. The zero-order valence-electron chi connectivity index (χ0n) is 16.0. The average Bonchev–Trinajstić information content (AvgIpc) is 3.25. The molecule has 1 N–H and O–H groups in total. The fourth-order valence-electron chi connectivity index (χ4n) is 3.01. The summed E-state index contributed by atoms with van der Waals surface area (Å²) in [5.41, 5.74) is 6.53. The van der Waals surface area contributed by atoms with E-state index < -0.39 is 0 Å². The number of hydrogen-bond acceptors (Lipinski definition) is 5. The molecule has 1 aliphatic rings. The Balaban J connectivity index is 1.53. The number of nitrogens with zero attached hydrogens (tertiary/aromatic N) is 1. The van der Waals surface area contributed by atoms with Crippen molar-refractivity contribution in [2.45, 2.75) is 18.9 Å². The van der Waals surface area contributed by atoms with Crippen LogP contribution in [-0.4, -0.2) is 11.7 Å². The van der Waals surface area contributed by atoms with Gasteiger partial charge in [-0.1, -0.05) is 72.4 Å². The highest BCUT2D eigenvalue weighted by Gasteiger charge is 2.24. The second-order valence-corrected chi connectivity index (χ2v) is 8.40. The highest BCUT2D eigenvalue weighted by molar-refractivity contribution is 9.10. The van der Waals surface area contributed by atoms with E-state index in [1.54, 1.807) is 11.8 Å². The van der Waals surface area contributed by atoms with Crippen molar-refractivity contribution in [1.82, 2.24) is 5.43 Å². The zero-order chi connectivity index (χ0) is 20.1. The summed E-state index contributed by atoms with van der Waals surface area (Å²) < 4.78 is 12.8. The van der Waals surface area contributed by atoms with Gasteiger partial charge in [0.2, 0.25) is 0 Å². The first-order valence-electron chi connectivity index (χ1n) is 9.43. The summed E-state index contributed by atoms with van der Waals surface area (Å²) in [5.74, 6) is 1.44. The van der Waals surface area contributed by atoms with E-state index in [1.807, 2.05) is 61.5 Å².